The van der Waals surface area contributed by atoms with E-state index in [0.29, 0.717) is 29.3 Å². The Bertz CT molecular complexity index is 455. The smallest absolute Gasteiger partial charge is 0.123 e. The Morgan fingerprint density at radius 2 is 1.76 bits per heavy atom. The molecule has 21 heavy (non-hydrogen) atoms. The summed E-state index contributed by atoms with van der Waals surface area (Å²) in [6.45, 7) is 8.91. The van der Waals surface area contributed by atoms with Crippen LogP contribution in [0.4, 0.5) is 0 Å². The summed E-state index contributed by atoms with van der Waals surface area (Å²) in [6.07, 6.45) is 5.44. The predicted octanol–water partition coefficient (Wildman–Crippen LogP) is 5.23. The number of aryl methyl sites for hydroxylation is 1. The van der Waals surface area contributed by atoms with Gasteiger partial charge in [-0.2, -0.15) is 0 Å². The standard InChI is InChI=1S/C19H30O2/c1-5-6-14-10-17(20)19(18(21)11-14)16-9-13(4)7-8-15(16)12(2)3/h10-13,15-16,20-21H,5-9H2,1-4H3. The van der Waals surface area contributed by atoms with E-state index in [2.05, 4.69) is 27.7 Å². The molecule has 0 aromatic heterocycles. The van der Waals surface area contributed by atoms with Crippen molar-refractivity contribution in [3.63, 3.8) is 0 Å². The number of phenols is 2. The molecule has 0 bridgehead atoms. The highest BCUT2D eigenvalue weighted by Gasteiger charge is 2.34. The molecule has 2 N–H and O–H groups in total. The number of benzene rings is 1. The largest absolute Gasteiger partial charge is 0.508 e. The van der Waals surface area contributed by atoms with E-state index in [1.807, 2.05) is 12.1 Å². The van der Waals surface area contributed by atoms with Crippen molar-refractivity contribution >= 4 is 0 Å². The lowest BCUT2D eigenvalue weighted by Crippen LogP contribution is -2.26. The summed E-state index contributed by atoms with van der Waals surface area (Å²) in [5.74, 6) is 2.67. The van der Waals surface area contributed by atoms with E-state index in [0.717, 1.165) is 30.4 Å². The lowest BCUT2D eigenvalue weighted by molar-refractivity contribution is 0.192. The van der Waals surface area contributed by atoms with Crippen molar-refractivity contribution in [1.29, 1.82) is 0 Å². The van der Waals surface area contributed by atoms with Crippen LogP contribution in [0.1, 0.15) is 70.4 Å². The number of hydrogen-bond donors (Lipinski definition) is 2. The van der Waals surface area contributed by atoms with Gasteiger partial charge in [-0.05, 0) is 60.6 Å². The van der Waals surface area contributed by atoms with E-state index in [1.165, 1.54) is 12.8 Å². The highest BCUT2D eigenvalue weighted by molar-refractivity contribution is 5.49. The Morgan fingerprint density at radius 3 is 2.29 bits per heavy atom. The van der Waals surface area contributed by atoms with Gasteiger partial charge in [0.15, 0.2) is 0 Å². The molecule has 0 aliphatic heterocycles. The van der Waals surface area contributed by atoms with Gasteiger partial charge in [-0.25, -0.2) is 0 Å². The summed E-state index contributed by atoms with van der Waals surface area (Å²) in [5, 5.41) is 21.0. The molecule has 0 saturated heterocycles. The zero-order chi connectivity index (χ0) is 15.6. The van der Waals surface area contributed by atoms with E-state index in [4.69, 9.17) is 0 Å². The molecule has 1 aromatic carbocycles. The topological polar surface area (TPSA) is 40.5 Å². The molecule has 1 aliphatic carbocycles. The van der Waals surface area contributed by atoms with Crippen LogP contribution >= 0.6 is 0 Å². The van der Waals surface area contributed by atoms with Crippen LogP contribution in [0.2, 0.25) is 0 Å². The Hall–Kier alpha value is -1.18. The number of rotatable bonds is 4. The van der Waals surface area contributed by atoms with Crippen LogP contribution < -0.4 is 0 Å². The maximum Gasteiger partial charge on any atom is 0.123 e. The first kappa shape index (κ1) is 16.2. The Morgan fingerprint density at radius 1 is 1.14 bits per heavy atom. The molecule has 0 amide bonds. The average Bonchev–Trinajstić information content (AvgIpc) is 2.38. The van der Waals surface area contributed by atoms with E-state index in [1.54, 1.807) is 0 Å². The minimum Gasteiger partial charge on any atom is -0.508 e. The number of hydrogen-bond acceptors (Lipinski definition) is 2. The summed E-state index contributed by atoms with van der Waals surface area (Å²) < 4.78 is 0. The van der Waals surface area contributed by atoms with Crippen molar-refractivity contribution in [3.8, 4) is 11.5 Å². The van der Waals surface area contributed by atoms with Gasteiger partial charge in [0.2, 0.25) is 0 Å². The van der Waals surface area contributed by atoms with Gasteiger partial charge in [-0.15, -0.1) is 0 Å². The van der Waals surface area contributed by atoms with Crippen molar-refractivity contribution in [2.24, 2.45) is 17.8 Å². The van der Waals surface area contributed by atoms with Crippen molar-refractivity contribution in [2.45, 2.75) is 65.7 Å². The molecule has 2 heteroatoms. The van der Waals surface area contributed by atoms with Crippen molar-refractivity contribution in [1.82, 2.24) is 0 Å². The molecule has 3 atom stereocenters. The van der Waals surface area contributed by atoms with Gasteiger partial charge < -0.3 is 10.2 Å². The second-order valence-corrected chi connectivity index (χ2v) is 7.23. The lowest BCUT2D eigenvalue weighted by atomic mass is 9.67. The SMILES string of the molecule is CCCc1cc(O)c(C2CC(C)CCC2C(C)C)c(O)c1. The number of aromatic hydroxyl groups is 2. The third kappa shape index (κ3) is 3.53. The first-order chi connectivity index (χ1) is 9.93. The molecule has 2 nitrogen and oxygen atoms in total. The van der Waals surface area contributed by atoms with E-state index in [-0.39, 0.29) is 5.92 Å². The third-order valence-electron chi connectivity index (χ3n) is 5.13. The Labute approximate surface area is 129 Å². The van der Waals surface area contributed by atoms with Gasteiger partial charge in [-0.1, -0.05) is 40.5 Å². The fourth-order valence-electron chi connectivity index (χ4n) is 4.03. The normalized spacial score (nSPS) is 26.2. The van der Waals surface area contributed by atoms with E-state index < -0.39 is 0 Å². The minimum absolute atomic E-state index is 0.282. The molecule has 0 radical (unpaired) electrons. The molecule has 3 unspecified atom stereocenters. The third-order valence-corrected chi connectivity index (χ3v) is 5.13. The highest BCUT2D eigenvalue weighted by Crippen LogP contribution is 2.49. The summed E-state index contributed by atoms with van der Waals surface area (Å²) >= 11 is 0. The lowest BCUT2D eigenvalue weighted by Gasteiger charge is -2.38. The molecular weight excluding hydrogens is 260 g/mol. The van der Waals surface area contributed by atoms with Gasteiger partial charge in [0, 0.05) is 5.56 Å². The fraction of sp³-hybridized carbons (Fsp3) is 0.684. The monoisotopic (exact) mass is 290 g/mol. The zero-order valence-electron chi connectivity index (χ0n) is 13.9. The van der Waals surface area contributed by atoms with Gasteiger partial charge in [0.05, 0.1) is 0 Å². The number of phenolic OH excluding ortho intramolecular Hbond substituents is 2. The average molecular weight is 290 g/mol. The van der Waals surface area contributed by atoms with Crippen molar-refractivity contribution in [3.05, 3.63) is 23.3 Å². The highest BCUT2D eigenvalue weighted by atomic mass is 16.3. The molecule has 0 spiro atoms. The van der Waals surface area contributed by atoms with E-state index in [9.17, 15) is 10.2 Å². The predicted molar refractivity (Wildman–Crippen MR) is 87.9 cm³/mol. The van der Waals surface area contributed by atoms with Crippen LogP contribution in [0.5, 0.6) is 11.5 Å². The van der Waals surface area contributed by atoms with Gasteiger partial charge in [0.25, 0.3) is 0 Å². The van der Waals surface area contributed by atoms with E-state index >= 15 is 0 Å². The van der Waals surface area contributed by atoms with Gasteiger partial charge in [-0.3, -0.25) is 0 Å². The van der Waals surface area contributed by atoms with Crippen LogP contribution in [0.15, 0.2) is 12.1 Å². The first-order valence-corrected chi connectivity index (χ1v) is 8.48. The molecule has 1 fully saturated rings. The Kier molecular flexibility index (Phi) is 5.18. The molecule has 118 valence electrons. The van der Waals surface area contributed by atoms with Crippen molar-refractivity contribution < 1.29 is 10.2 Å². The van der Waals surface area contributed by atoms with Gasteiger partial charge in [0.1, 0.15) is 11.5 Å². The van der Waals surface area contributed by atoms with Crippen LogP contribution in [-0.4, -0.2) is 10.2 Å². The summed E-state index contributed by atoms with van der Waals surface area (Å²) in [6, 6.07) is 3.71. The molecule has 1 saturated carbocycles. The second-order valence-electron chi connectivity index (χ2n) is 7.23. The maximum atomic E-state index is 10.5. The first-order valence-electron chi connectivity index (χ1n) is 8.48. The molecule has 0 heterocycles. The summed E-state index contributed by atoms with van der Waals surface area (Å²) in [7, 11) is 0. The molecule has 2 rings (SSSR count). The minimum atomic E-state index is 0.282. The fourth-order valence-corrected chi connectivity index (χ4v) is 4.03. The van der Waals surface area contributed by atoms with Gasteiger partial charge >= 0.3 is 0 Å². The summed E-state index contributed by atoms with van der Waals surface area (Å²) in [4.78, 5) is 0. The summed E-state index contributed by atoms with van der Waals surface area (Å²) in [5.41, 5.74) is 1.82. The van der Waals surface area contributed by atoms with Crippen LogP contribution in [0, 0.1) is 17.8 Å². The second kappa shape index (κ2) is 6.72. The quantitative estimate of drug-likeness (QED) is 0.797. The van der Waals surface area contributed by atoms with Crippen LogP contribution in [-0.2, 0) is 6.42 Å². The maximum absolute atomic E-state index is 10.5. The van der Waals surface area contributed by atoms with Crippen LogP contribution in [0.3, 0.4) is 0 Å². The van der Waals surface area contributed by atoms with Crippen LogP contribution in [0.25, 0.3) is 0 Å². The molecule has 1 aliphatic rings. The molecule has 1 aromatic rings. The molecular formula is C19H30O2. The van der Waals surface area contributed by atoms with Crippen molar-refractivity contribution in [2.75, 3.05) is 0 Å². The Balaban J connectivity index is 2.38. The zero-order valence-corrected chi connectivity index (χ0v) is 13.9.